The third kappa shape index (κ3) is 4.67. The molecule has 1 fully saturated rings. The lowest BCUT2D eigenvalue weighted by Crippen LogP contribution is -2.41. The molecular formula is C14H22O5. The molecule has 0 aromatic rings. The summed E-state index contributed by atoms with van der Waals surface area (Å²) in [5.41, 5.74) is -0.358. The average Bonchev–Trinajstić information content (AvgIpc) is 2.74. The van der Waals surface area contributed by atoms with Crippen LogP contribution in [0, 0.1) is 0 Å². The smallest absolute Gasteiger partial charge is 0.333 e. The van der Waals surface area contributed by atoms with Gasteiger partial charge in [0, 0.05) is 12.5 Å². The normalized spacial score (nSPS) is 22.9. The molecule has 0 aliphatic carbocycles. The average molecular weight is 270 g/mol. The van der Waals surface area contributed by atoms with Gasteiger partial charge >= 0.3 is 11.9 Å². The van der Waals surface area contributed by atoms with E-state index < -0.39 is 11.6 Å². The van der Waals surface area contributed by atoms with Crippen LogP contribution in [-0.4, -0.2) is 36.4 Å². The van der Waals surface area contributed by atoms with Crippen molar-refractivity contribution < 1.29 is 23.8 Å². The molecule has 0 aromatic carbocycles. The van der Waals surface area contributed by atoms with Crippen LogP contribution in [-0.2, 0) is 23.8 Å². The first-order chi connectivity index (χ1) is 8.72. The largest absolute Gasteiger partial charge is 0.463 e. The number of hydrogen-bond donors (Lipinski definition) is 0. The highest BCUT2D eigenvalue weighted by atomic mass is 16.6. The van der Waals surface area contributed by atoms with E-state index in [4.69, 9.17) is 14.2 Å². The van der Waals surface area contributed by atoms with Crippen molar-refractivity contribution >= 4 is 11.9 Å². The van der Waals surface area contributed by atoms with Crippen LogP contribution in [0.25, 0.3) is 0 Å². The second kappa shape index (κ2) is 6.19. The van der Waals surface area contributed by atoms with Gasteiger partial charge in [0.15, 0.2) is 0 Å². The SMILES string of the molecule is C=C(C)C(=O)OC(C)(C)C1CCC(COC(C)=O)O1. The highest BCUT2D eigenvalue weighted by Crippen LogP contribution is 2.31. The van der Waals surface area contributed by atoms with Crippen molar-refractivity contribution in [1.29, 1.82) is 0 Å². The van der Waals surface area contributed by atoms with E-state index in [9.17, 15) is 9.59 Å². The summed E-state index contributed by atoms with van der Waals surface area (Å²) in [7, 11) is 0. The van der Waals surface area contributed by atoms with Gasteiger partial charge in [0.05, 0.1) is 12.2 Å². The van der Waals surface area contributed by atoms with Crippen molar-refractivity contribution in [3.63, 3.8) is 0 Å². The Morgan fingerprint density at radius 1 is 1.32 bits per heavy atom. The van der Waals surface area contributed by atoms with Crippen LogP contribution >= 0.6 is 0 Å². The maximum absolute atomic E-state index is 11.6. The zero-order valence-electron chi connectivity index (χ0n) is 12.0. The van der Waals surface area contributed by atoms with E-state index in [1.807, 2.05) is 13.8 Å². The van der Waals surface area contributed by atoms with Crippen LogP contribution in [0.3, 0.4) is 0 Å². The topological polar surface area (TPSA) is 61.8 Å². The first-order valence-corrected chi connectivity index (χ1v) is 6.40. The summed E-state index contributed by atoms with van der Waals surface area (Å²) in [6.45, 7) is 10.4. The molecule has 2 atom stereocenters. The number of carbonyl (C=O) groups is 2. The quantitative estimate of drug-likeness (QED) is 0.565. The van der Waals surface area contributed by atoms with E-state index in [1.54, 1.807) is 6.92 Å². The molecule has 19 heavy (non-hydrogen) atoms. The van der Waals surface area contributed by atoms with E-state index in [0.717, 1.165) is 12.8 Å². The van der Waals surface area contributed by atoms with E-state index in [-0.39, 0.29) is 24.8 Å². The molecule has 0 aromatic heterocycles. The fourth-order valence-electron chi connectivity index (χ4n) is 1.94. The maximum atomic E-state index is 11.6. The van der Waals surface area contributed by atoms with Gasteiger partial charge in [-0.05, 0) is 33.6 Å². The minimum atomic E-state index is -0.721. The summed E-state index contributed by atoms with van der Waals surface area (Å²) in [5, 5.41) is 0. The summed E-state index contributed by atoms with van der Waals surface area (Å²) in [4.78, 5) is 22.3. The van der Waals surface area contributed by atoms with E-state index in [2.05, 4.69) is 6.58 Å². The minimum Gasteiger partial charge on any atom is -0.463 e. The van der Waals surface area contributed by atoms with Gasteiger partial charge < -0.3 is 14.2 Å². The van der Waals surface area contributed by atoms with Crippen LogP contribution in [0.4, 0.5) is 0 Å². The second-order valence-electron chi connectivity index (χ2n) is 5.40. The molecule has 1 aliphatic heterocycles. The molecule has 1 rings (SSSR count). The van der Waals surface area contributed by atoms with Crippen LogP contribution in [0.2, 0.25) is 0 Å². The zero-order valence-corrected chi connectivity index (χ0v) is 12.0. The van der Waals surface area contributed by atoms with Crippen molar-refractivity contribution in [2.24, 2.45) is 0 Å². The van der Waals surface area contributed by atoms with Gasteiger partial charge in [0.2, 0.25) is 0 Å². The van der Waals surface area contributed by atoms with Crippen LogP contribution in [0.1, 0.15) is 40.5 Å². The highest BCUT2D eigenvalue weighted by Gasteiger charge is 2.40. The Balaban J connectivity index is 2.50. The third-order valence-corrected chi connectivity index (χ3v) is 3.06. The monoisotopic (exact) mass is 270 g/mol. The van der Waals surface area contributed by atoms with Gasteiger partial charge in [0.25, 0.3) is 0 Å². The second-order valence-corrected chi connectivity index (χ2v) is 5.40. The van der Waals surface area contributed by atoms with Crippen molar-refractivity contribution in [1.82, 2.24) is 0 Å². The Kier molecular flexibility index (Phi) is 5.11. The molecule has 0 bridgehead atoms. The molecule has 0 N–H and O–H groups in total. The number of ether oxygens (including phenoxy) is 3. The summed E-state index contributed by atoms with van der Waals surface area (Å²) >= 11 is 0. The molecule has 0 radical (unpaired) electrons. The van der Waals surface area contributed by atoms with Crippen LogP contribution in [0.5, 0.6) is 0 Å². The predicted octanol–water partition coefficient (Wildman–Crippen LogP) is 1.99. The van der Waals surface area contributed by atoms with Gasteiger partial charge in [-0.2, -0.15) is 0 Å². The van der Waals surface area contributed by atoms with Crippen molar-refractivity contribution in [2.45, 2.75) is 58.3 Å². The number of rotatable bonds is 5. The molecule has 1 aliphatic rings. The van der Waals surface area contributed by atoms with E-state index in [1.165, 1.54) is 6.92 Å². The molecule has 1 saturated heterocycles. The molecule has 5 nitrogen and oxygen atoms in total. The summed E-state index contributed by atoms with van der Waals surface area (Å²) in [6, 6.07) is 0. The summed E-state index contributed by atoms with van der Waals surface area (Å²) < 4.78 is 16.1. The molecular weight excluding hydrogens is 248 g/mol. The Labute approximate surface area is 113 Å². The van der Waals surface area contributed by atoms with Gasteiger partial charge in [-0.25, -0.2) is 4.79 Å². The van der Waals surface area contributed by atoms with Crippen molar-refractivity contribution in [2.75, 3.05) is 6.61 Å². The molecule has 108 valence electrons. The molecule has 5 heteroatoms. The van der Waals surface area contributed by atoms with Gasteiger partial charge in [0.1, 0.15) is 12.2 Å². The Hall–Kier alpha value is -1.36. The van der Waals surface area contributed by atoms with Gasteiger partial charge in [-0.3, -0.25) is 4.79 Å². The van der Waals surface area contributed by atoms with Gasteiger partial charge in [-0.15, -0.1) is 0 Å². The molecule has 0 amide bonds. The lowest BCUT2D eigenvalue weighted by molar-refractivity contribution is -0.168. The van der Waals surface area contributed by atoms with Crippen LogP contribution in [0.15, 0.2) is 12.2 Å². The molecule has 2 unspecified atom stereocenters. The maximum Gasteiger partial charge on any atom is 0.333 e. The van der Waals surface area contributed by atoms with Crippen molar-refractivity contribution in [3.05, 3.63) is 12.2 Å². The third-order valence-electron chi connectivity index (χ3n) is 3.06. The fraction of sp³-hybridized carbons (Fsp3) is 0.714. The fourth-order valence-corrected chi connectivity index (χ4v) is 1.94. The molecule has 0 saturated carbocycles. The van der Waals surface area contributed by atoms with Gasteiger partial charge in [-0.1, -0.05) is 6.58 Å². The lowest BCUT2D eigenvalue weighted by Gasteiger charge is -2.31. The van der Waals surface area contributed by atoms with Crippen LogP contribution < -0.4 is 0 Å². The first-order valence-electron chi connectivity index (χ1n) is 6.40. The summed E-state index contributed by atoms with van der Waals surface area (Å²) in [5.74, 6) is -0.739. The Bertz CT molecular complexity index is 372. The highest BCUT2D eigenvalue weighted by molar-refractivity contribution is 5.87. The number of hydrogen-bond acceptors (Lipinski definition) is 5. The van der Waals surface area contributed by atoms with E-state index in [0.29, 0.717) is 5.57 Å². The zero-order chi connectivity index (χ0) is 14.6. The standard InChI is InChI=1S/C14H22O5/c1-9(2)13(16)19-14(4,5)12-7-6-11(18-12)8-17-10(3)15/h11-12H,1,6-8H2,2-5H3. The number of carbonyl (C=O) groups excluding carboxylic acids is 2. The van der Waals surface area contributed by atoms with E-state index >= 15 is 0 Å². The Morgan fingerprint density at radius 2 is 1.95 bits per heavy atom. The lowest BCUT2D eigenvalue weighted by atomic mass is 9.98. The molecule has 1 heterocycles. The molecule has 0 spiro atoms. The Morgan fingerprint density at radius 3 is 2.47 bits per heavy atom. The number of esters is 2. The summed E-state index contributed by atoms with van der Waals surface area (Å²) in [6.07, 6.45) is 1.22. The predicted molar refractivity (Wildman–Crippen MR) is 69.5 cm³/mol. The minimum absolute atomic E-state index is 0.128. The first kappa shape index (κ1) is 15.7. The van der Waals surface area contributed by atoms with Crippen molar-refractivity contribution in [3.8, 4) is 0 Å².